The number of phenolic OH excluding ortho intramolecular Hbond substituents is 2. The van der Waals surface area contributed by atoms with Crippen molar-refractivity contribution in [3.05, 3.63) is 19.6 Å². The molecule has 3 rings (SSSR count). The van der Waals surface area contributed by atoms with Crippen molar-refractivity contribution in [3.8, 4) is 23.6 Å². The van der Waals surface area contributed by atoms with Crippen LogP contribution in [0.3, 0.4) is 0 Å². The monoisotopic (exact) mass is 626 g/mol. The van der Waals surface area contributed by atoms with Crippen molar-refractivity contribution in [1.29, 1.82) is 10.5 Å². The van der Waals surface area contributed by atoms with Gasteiger partial charge >= 0.3 is 11.9 Å². The Kier molecular flexibility index (Phi) is 11.8. The molecule has 0 fully saturated rings. The lowest BCUT2D eigenvalue weighted by Crippen LogP contribution is -2.22. The average molecular weight is 627 g/mol. The molecule has 0 aliphatic carbocycles. The summed E-state index contributed by atoms with van der Waals surface area (Å²) in [7, 11) is 0. The Labute approximate surface area is 249 Å². The summed E-state index contributed by atoms with van der Waals surface area (Å²) in [4.78, 5) is 25.8. The number of ether oxygens (including phenoxy) is 2. The molecule has 10 nitrogen and oxygen atoms in total. The standard InChI is InChI=1S/C24H24N2O8S4.C2H6/c1-23(2,31)5-7-33-19(29)11(9-25)21-35-15-13(27)17-18(14(28)16(15)36-21)38-22(37-17)12(10-26)20(30)34-8-6-24(3,4)32;1-2/h27-28,31-32H,5-8H2,1-4H3;1-2H3. The number of esters is 2. The molecule has 1 aromatic rings. The van der Waals surface area contributed by atoms with E-state index in [1.165, 1.54) is 0 Å². The normalized spacial score (nSPS) is 13.8. The lowest BCUT2D eigenvalue weighted by Gasteiger charge is -2.16. The van der Waals surface area contributed by atoms with Gasteiger partial charge in [0.15, 0.2) is 11.1 Å². The number of aliphatic hydroxyl groups is 2. The summed E-state index contributed by atoms with van der Waals surface area (Å²) < 4.78 is 10.6. The molecule has 14 heteroatoms. The van der Waals surface area contributed by atoms with Gasteiger partial charge in [-0.3, -0.25) is 0 Å². The molecular weight excluding hydrogens is 597 g/mol. The Morgan fingerprint density at radius 3 is 1.20 bits per heavy atom. The minimum absolute atomic E-state index is 0.0995. The maximum Gasteiger partial charge on any atom is 0.350 e. The second-order valence-electron chi connectivity index (χ2n) is 9.37. The molecule has 2 aliphatic heterocycles. The van der Waals surface area contributed by atoms with E-state index in [0.29, 0.717) is 0 Å². The van der Waals surface area contributed by atoms with Gasteiger partial charge in [0.05, 0.1) is 52.5 Å². The zero-order valence-corrected chi connectivity index (χ0v) is 26.0. The number of thioether (sulfide) groups is 4. The topological polar surface area (TPSA) is 181 Å². The first-order valence-corrected chi connectivity index (χ1v) is 15.3. The number of hydrogen-bond acceptors (Lipinski definition) is 14. The van der Waals surface area contributed by atoms with Crippen LogP contribution in [-0.4, -0.2) is 56.8 Å². The van der Waals surface area contributed by atoms with Gasteiger partial charge in [-0.2, -0.15) is 10.5 Å². The molecule has 1 aromatic carbocycles. The van der Waals surface area contributed by atoms with Gasteiger partial charge in [-0.1, -0.05) is 60.9 Å². The Balaban J connectivity index is 0.00000274. The van der Waals surface area contributed by atoms with Crippen molar-refractivity contribution in [2.75, 3.05) is 13.2 Å². The fourth-order valence-corrected chi connectivity index (χ4v) is 8.09. The van der Waals surface area contributed by atoms with Crippen LogP contribution in [0.15, 0.2) is 39.2 Å². The molecule has 2 aliphatic rings. The van der Waals surface area contributed by atoms with Crippen LogP contribution in [0.4, 0.5) is 0 Å². The molecule has 0 unspecified atom stereocenters. The molecule has 0 amide bonds. The predicted molar refractivity (Wildman–Crippen MR) is 154 cm³/mol. The van der Waals surface area contributed by atoms with Crippen molar-refractivity contribution in [2.45, 2.75) is 85.2 Å². The lowest BCUT2D eigenvalue weighted by atomic mass is 10.1. The number of hydrogen-bond donors (Lipinski definition) is 4. The molecule has 0 aromatic heterocycles. The van der Waals surface area contributed by atoms with E-state index in [-0.39, 0.29) is 76.8 Å². The van der Waals surface area contributed by atoms with Crippen LogP contribution in [0.1, 0.15) is 54.4 Å². The largest absolute Gasteiger partial charge is 0.505 e. The van der Waals surface area contributed by atoms with Crippen LogP contribution >= 0.6 is 47.0 Å². The zero-order valence-electron chi connectivity index (χ0n) is 22.8. The average Bonchev–Trinajstić information content (AvgIpc) is 3.49. The Morgan fingerprint density at radius 1 is 0.700 bits per heavy atom. The maximum atomic E-state index is 12.5. The number of rotatable bonds is 8. The fraction of sp³-hybridized carbons (Fsp3) is 0.462. The Bertz CT molecular complexity index is 1190. The van der Waals surface area contributed by atoms with Crippen LogP contribution < -0.4 is 0 Å². The number of carbonyl (C=O) groups is 2. The fourth-order valence-electron chi connectivity index (χ4n) is 2.91. The maximum absolute atomic E-state index is 12.5. The number of nitriles is 2. The van der Waals surface area contributed by atoms with E-state index in [1.807, 2.05) is 26.0 Å². The van der Waals surface area contributed by atoms with Gasteiger partial charge in [-0.25, -0.2) is 9.59 Å². The summed E-state index contributed by atoms with van der Waals surface area (Å²) in [6.07, 6.45) is 0.340. The molecule has 0 bridgehead atoms. The number of aromatic hydroxyl groups is 2. The van der Waals surface area contributed by atoms with Gasteiger partial charge in [0, 0.05) is 12.8 Å². The minimum atomic E-state index is -1.05. The first-order valence-electron chi connectivity index (χ1n) is 12.1. The van der Waals surface area contributed by atoms with Gasteiger partial charge < -0.3 is 29.9 Å². The van der Waals surface area contributed by atoms with E-state index in [0.717, 1.165) is 47.0 Å². The van der Waals surface area contributed by atoms with E-state index in [4.69, 9.17) is 9.47 Å². The summed E-state index contributed by atoms with van der Waals surface area (Å²) in [5, 5.41) is 60.6. The molecule has 0 spiro atoms. The smallest absolute Gasteiger partial charge is 0.350 e. The van der Waals surface area contributed by atoms with Crippen molar-refractivity contribution in [1.82, 2.24) is 0 Å². The van der Waals surface area contributed by atoms with Gasteiger partial charge in [0.1, 0.15) is 23.6 Å². The van der Waals surface area contributed by atoms with Crippen molar-refractivity contribution in [3.63, 3.8) is 0 Å². The zero-order chi connectivity index (χ0) is 30.4. The number of nitrogens with zero attached hydrogens (tertiary/aromatic N) is 2. The summed E-state index contributed by atoms with van der Waals surface area (Å²) in [5.74, 6) is -2.23. The molecule has 0 saturated carbocycles. The summed E-state index contributed by atoms with van der Waals surface area (Å²) in [6, 6.07) is 3.61. The molecule has 2 heterocycles. The molecule has 4 N–H and O–H groups in total. The van der Waals surface area contributed by atoms with Crippen LogP contribution in [0, 0.1) is 22.7 Å². The second-order valence-corrected chi connectivity index (χ2v) is 14.0. The van der Waals surface area contributed by atoms with Crippen LogP contribution in [0.2, 0.25) is 0 Å². The van der Waals surface area contributed by atoms with Gasteiger partial charge in [0.2, 0.25) is 0 Å². The third kappa shape index (κ3) is 8.28. The lowest BCUT2D eigenvalue weighted by molar-refractivity contribution is -0.140. The quantitative estimate of drug-likeness (QED) is 0.125. The van der Waals surface area contributed by atoms with Crippen LogP contribution in [-0.2, 0) is 19.1 Å². The van der Waals surface area contributed by atoms with Crippen molar-refractivity contribution >= 4 is 59.0 Å². The van der Waals surface area contributed by atoms with Crippen molar-refractivity contribution in [2.24, 2.45) is 0 Å². The number of fused-ring (bicyclic) bond motifs is 2. The molecular formula is C26H30N2O8S4. The first-order chi connectivity index (χ1) is 18.7. The van der Waals surface area contributed by atoms with Crippen LogP contribution in [0.5, 0.6) is 11.5 Å². The summed E-state index contributed by atoms with van der Waals surface area (Å²) in [6.45, 7) is 10.0. The predicted octanol–water partition coefficient (Wildman–Crippen LogP) is 5.40. The molecule has 0 saturated heterocycles. The Morgan fingerprint density at radius 2 is 0.975 bits per heavy atom. The van der Waals surface area contributed by atoms with Crippen LogP contribution in [0.25, 0.3) is 0 Å². The molecule has 0 atom stereocenters. The summed E-state index contributed by atoms with van der Waals surface area (Å²) >= 11 is 3.68. The van der Waals surface area contributed by atoms with Gasteiger partial charge in [-0.05, 0) is 27.7 Å². The number of benzene rings is 1. The highest BCUT2D eigenvalue weighted by molar-refractivity contribution is 8.26. The SMILES string of the molecule is CC.CC(C)(O)CCOC(=O)C(C#N)=C1Sc2c(O)c3c(c(O)c2S1)SC(=C(C#N)C(=O)OCCC(C)(C)O)S3. The number of phenols is 2. The van der Waals surface area contributed by atoms with Crippen molar-refractivity contribution < 1.29 is 39.5 Å². The molecule has 40 heavy (non-hydrogen) atoms. The summed E-state index contributed by atoms with van der Waals surface area (Å²) in [5.41, 5.74) is -2.70. The third-order valence-electron chi connectivity index (χ3n) is 4.99. The van der Waals surface area contributed by atoms with Gasteiger partial charge in [0.25, 0.3) is 0 Å². The van der Waals surface area contributed by atoms with E-state index >= 15 is 0 Å². The highest BCUT2D eigenvalue weighted by Gasteiger charge is 2.38. The highest BCUT2D eigenvalue weighted by Crippen LogP contribution is 2.67. The first kappa shape index (κ1) is 33.7. The highest BCUT2D eigenvalue weighted by atomic mass is 32.2. The Hall–Kier alpha value is -2.46. The third-order valence-corrected chi connectivity index (χ3v) is 10.2. The molecule has 0 radical (unpaired) electrons. The van der Waals surface area contributed by atoms with E-state index in [9.17, 15) is 40.5 Å². The minimum Gasteiger partial charge on any atom is -0.505 e. The van der Waals surface area contributed by atoms with Gasteiger partial charge in [-0.15, -0.1) is 0 Å². The van der Waals surface area contributed by atoms with E-state index in [1.54, 1.807) is 27.7 Å². The van der Waals surface area contributed by atoms with E-state index in [2.05, 4.69) is 0 Å². The van der Waals surface area contributed by atoms with E-state index < -0.39 is 23.1 Å². The molecule has 216 valence electrons. The number of carbonyl (C=O) groups excluding carboxylic acids is 2. The second kappa shape index (κ2) is 13.9.